The molecule has 1 atom stereocenters. The summed E-state index contributed by atoms with van der Waals surface area (Å²) in [6.45, 7) is 1.49. The van der Waals surface area contributed by atoms with Gasteiger partial charge in [0.2, 0.25) is 11.9 Å². The predicted octanol–water partition coefficient (Wildman–Crippen LogP) is 3.31. The Morgan fingerprint density at radius 3 is 2.72 bits per heavy atom. The zero-order valence-electron chi connectivity index (χ0n) is 16.3. The highest BCUT2D eigenvalue weighted by atomic mass is 16.5. The Bertz CT molecular complexity index is 1090. The van der Waals surface area contributed by atoms with Crippen molar-refractivity contribution in [2.75, 3.05) is 24.9 Å². The fourth-order valence-corrected chi connectivity index (χ4v) is 3.34. The van der Waals surface area contributed by atoms with E-state index in [0.29, 0.717) is 17.4 Å². The Morgan fingerprint density at radius 1 is 1.14 bits per heavy atom. The number of carbonyl (C=O) groups is 1. The molecule has 3 aromatic rings. The first-order chi connectivity index (χ1) is 14.1. The molecule has 1 amide bonds. The molecule has 0 radical (unpaired) electrons. The van der Waals surface area contributed by atoms with Gasteiger partial charge in [0.1, 0.15) is 12.4 Å². The number of nitrogens with one attached hydrogen (secondary N) is 2. The summed E-state index contributed by atoms with van der Waals surface area (Å²) in [6.07, 6.45) is 3.58. The zero-order chi connectivity index (χ0) is 20.4. The molecular weight excluding hydrogens is 370 g/mol. The van der Waals surface area contributed by atoms with Gasteiger partial charge < -0.3 is 20.1 Å². The lowest BCUT2D eigenvalue weighted by molar-refractivity contribution is -0.114. The monoisotopic (exact) mass is 391 g/mol. The minimum atomic E-state index is -0.187. The number of aromatic nitrogens is 3. The van der Waals surface area contributed by atoms with Crippen molar-refractivity contribution in [3.63, 3.8) is 0 Å². The smallest absolute Gasteiger partial charge is 0.226 e. The molecule has 0 spiro atoms. The van der Waals surface area contributed by atoms with Crippen LogP contribution in [0.2, 0.25) is 0 Å². The molecule has 4 rings (SSSR count). The molecule has 0 bridgehead atoms. The van der Waals surface area contributed by atoms with Crippen molar-refractivity contribution in [1.29, 1.82) is 0 Å². The highest BCUT2D eigenvalue weighted by Gasteiger charge is 2.24. The van der Waals surface area contributed by atoms with Gasteiger partial charge in [0, 0.05) is 18.3 Å². The number of allylic oxidation sites excluding steroid dienone is 1. The molecule has 0 fully saturated rings. The van der Waals surface area contributed by atoms with Crippen molar-refractivity contribution >= 4 is 23.2 Å². The minimum absolute atomic E-state index is 0.115. The van der Waals surface area contributed by atoms with Gasteiger partial charge in [-0.3, -0.25) is 4.79 Å². The van der Waals surface area contributed by atoms with Crippen LogP contribution in [0, 0.1) is 0 Å². The number of benzene rings is 2. The lowest BCUT2D eigenvalue weighted by Crippen LogP contribution is -2.20. The maximum atomic E-state index is 11.4. The number of nitrogens with zero attached hydrogens (tertiary/aromatic N) is 3. The first kappa shape index (κ1) is 18.5. The zero-order valence-corrected chi connectivity index (χ0v) is 16.3. The number of carbonyl (C=O) groups excluding carboxylic acids is 1. The summed E-state index contributed by atoms with van der Waals surface area (Å²) in [7, 11) is 3.22. The quantitative estimate of drug-likeness (QED) is 0.694. The number of hydrogen-bond acceptors (Lipinski definition) is 6. The Balaban J connectivity index is 1.76. The van der Waals surface area contributed by atoms with Gasteiger partial charge in [0.25, 0.3) is 0 Å². The van der Waals surface area contributed by atoms with Gasteiger partial charge in [-0.1, -0.05) is 18.2 Å². The van der Waals surface area contributed by atoms with Crippen molar-refractivity contribution in [3.05, 3.63) is 66.0 Å². The molecule has 8 heteroatoms. The van der Waals surface area contributed by atoms with E-state index in [0.717, 1.165) is 22.5 Å². The van der Waals surface area contributed by atoms with Crippen LogP contribution < -0.4 is 20.1 Å². The predicted molar refractivity (Wildman–Crippen MR) is 110 cm³/mol. The van der Waals surface area contributed by atoms with Crippen LogP contribution in [0.3, 0.4) is 0 Å². The molecule has 0 saturated carbocycles. The summed E-state index contributed by atoms with van der Waals surface area (Å²) in [5.41, 5.74) is 3.51. The van der Waals surface area contributed by atoms with Crippen LogP contribution in [-0.4, -0.2) is 34.9 Å². The Morgan fingerprint density at radius 2 is 1.97 bits per heavy atom. The Labute approximate surface area is 168 Å². The highest BCUT2D eigenvalue weighted by molar-refractivity contribution is 5.89. The molecule has 29 heavy (non-hydrogen) atoms. The van der Waals surface area contributed by atoms with E-state index in [9.17, 15) is 4.79 Å². The summed E-state index contributed by atoms with van der Waals surface area (Å²) in [5, 5.41) is 10.5. The third-order valence-corrected chi connectivity index (χ3v) is 4.65. The van der Waals surface area contributed by atoms with E-state index in [1.165, 1.54) is 13.3 Å². The van der Waals surface area contributed by atoms with Crippen molar-refractivity contribution in [2.45, 2.75) is 13.0 Å². The van der Waals surface area contributed by atoms with Crippen LogP contribution in [0.25, 0.3) is 5.70 Å². The Kier molecular flexibility index (Phi) is 4.90. The molecule has 148 valence electrons. The van der Waals surface area contributed by atoms with Crippen molar-refractivity contribution in [1.82, 2.24) is 14.8 Å². The fraction of sp³-hybridized carbons (Fsp3) is 0.190. The minimum Gasteiger partial charge on any atom is -0.493 e. The van der Waals surface area contributed by atoms with E-state index in [2.05, 4.69) is 26.8 Å². The Hall–Kier alpha value is -3.81. The van der Waals surface area contributed by atoms with E-state index in [4.69, 9.17) is 9.47 Å². The normalized spacial score (nSPS) is 15.0. The molecule has 2 aromatic carbocycles. The van der Waals surface area contributed by atoms with Gasteiger partial charge in [0.05, 0.1) is 14.2 Å². The largest absolute Gasteiger partial charge is 0.493 e. The lowest BCUT2D eigenvalue weighted by Gasteiger charge is -2.25. The highest BCUT2D eigenvalue weighted by Crippen LogP contribution is 2.36. The van der Waals surface area contributed by atoms with Gasteiger partial charge >= 0.3 is 0 Å². The van der Waals surface area contributed by atoms with E-state index >= 15 is 0 Å². The van der Waals surface area contributed by atoms with E-state index in [-0.39, 0.29) is 11.9 Å². The number of anilines is 2. The SMILES string of the molecule is COc1ccc(C2C=C(c3cccc(NC(C)=O)c3)Nc3ncnn32)cc1OC. The van der Waals surface area contributed by atoms with Crippen molar-refractivity contribution < 1.29 is 14.3 Å². The van der Waals surface area contributed by atoms with Crippen LogP contribution in [-0.2, 0) is 4.79 Å². The molecule has 1 aromatic heterocycles. The first-order valence-electron chi connectivity index (χ1n) is 9.07. The summed E-state index contributed by atoms with van der Waals surface area (Å²) in [6, 6.07) is 13.2. The summed E-state index contributed by atoms with van der Waals surface area (Å²) < 4.78 is 12.6. The van der Waals surface area contributed by atoms with E-state index in [1.54, 1.807) is 14.2 Å². The maximum absolute atomic E-state index is 11.4. The van der Waals surface area contributed by atoms with Crippen LogP contribution in [0.4, 0.5) is 11.6 Å². The van der Waals surface area contributed by atoms with Gasteiger partial charge in [-0.2, -0.15) is 10.1 Å². The molecule has 1 aliphatic rings. The first-order valence-corrected chi connectivity index (χ1v) is 9.07. The van der Waals surface area contributed by atoms with Crippen LogP contribution >= 0.6 is 0 Å². The number of fused-ring (bicyclic) bond motifs is 1. The van der Waals surface area contributed by atoms with Gasteiger partial charge in [-0.25, -0.2) is 4.68 Å². The topological polar surface area (TPSA) is 90.3 Å². The molecule has 0 aliphatic carbocycles. The third-order valence-electron chi connectivity index (χ3n) is 4.65. The summed E-state index contributed by atoms with van der Waals surface area (Å²) in [5.74, 6) is 1.83. The van der Waals surface area contributed by atoms with Gasteiger partial charge in [0.15, 0.2) is 11.5 Å². The number of amides is 1. The van der Waals surface area contributed by atoms with Crippen LogP contribution in [0.15, 0.2) is 54.9 Å². The van der Waals surface area contributed by atoms with E-state index < -0.39 is 0 Å². The van der Waals surface area contributed by atoms with Crippen LogP contribution in [0.1, 0.15) is 24.1 Å². The van der Waals surface area contributed by atoms with Crippen molar-refractivity contribution in [3.8, 4) is 11.5 Å². The second-order valence-corrected chi connectivity index (χ2v) is 6.55. The van der Waals surface area contributed by atoms with Crippen LogP contribution in [0.5, 0.6) is 11.5 Å². The second kappa shape index (κ2) is 7.67. The molecule has 8 nitrogen and oxygen atoms in total. The van der Waals surface area contributed by atoms with Gasteiger partial charge in [-0.15, -0.1) is 0 Å². The van der Waals surface area contributed by atoms with Crippen molar-refractivity contribution in [2.24, 2.45) is 0 Å². The average molecular weight is 391 g/mol. The fourth-order valence-electron chi connectivity index (χ4n) is 3.34. The molecule has 2 N–H and O–H groups in total. The lowest BCUT2D eigenvalue weighted by atomic mass is 10.0. The molecule has 2 heterocycles. The molecular formula is C21H21N5O3. The molecule has 1 aliphatic heterocycles. The number of ether oxygens (including phenoxy) is 2. The summed E-state index contributed by atoms with van der Waals surface area (Å²) >= 11 is 0. The molecule has 0 saturated heterocycles. The number of methoxy groups -OCH3 is 2. The van der Waals surface area contributed by atoms with E-state index in [1.807, 2.05) is 47.1 Å². The standard InChI is InChI=1S/C21H21N5O3/c1-13(27)24-16-6-4-5-14(9-16)17-11-18(26-21(25-17)22-12-23-26)15-7-8-19(28-2)20(10-15)29-3/h4-12,18H,1-3H3,(H,24,27)(H,22,23,25). The average Bonchev–Trinajstić information content (AvgIpc) is 3.21. The third kappa shape index (κ3) is 3.64. The second-order valence-electron chi connectivity index (χ2n) is 6.55. The van der Waals surface area contributed by atoms with Gasteiger partial charge in [-0.05, 0) is 41.5 Å². The summed E-state index contributed by atoms with van der Waals surface area (Å²) in [4.78, 5) is 15.7. The molecule has 1 unspecified atom stereocenters. The number of rotatable bonds is 5. The maximum Gasteiger partial charge on any atom is 0.226 e. The number of hydrogen-bond donors (Lipinski definition) is 2.